The Balaban J connectivity index is 1.71. The van der Waals surface area contributed by atoms with E-state index in [0.29, 0.717) is 12.2 Å². The number of likely N-dealkylation sites (N-methyl/N-ethyl adjacent to an activating group) is 1. The lowest BCUT2D eigenvalue weighted by molar-refractivity contribution is 0.0937. The van der Waals surface area contributed by atoms with Gasteiger partial charge in [-0.1, -0.05) is 48.5 Å². The summed E-state index contributed by atoms with van der Waals surface area (Å²) in [5, 5.41) is 5.64. The molecule has 0 bridgehead atoms. The number of hydrogen-bond donors (Lipinski definition) is 1. The normalized spacial score (nSPS) is 12.0. The number of benzene rings is 2. The molecule has 1 unspecified atom stereocenters. The topological polar surface area (TPSA) is 54.5 Å². The summed E-state index contributed by atoms with van der Waals surface area (Å²) in [6, 6.07) is 17.7. The third-order valence-electron chi connectivity index (χ3n) is 4.33. The van der Waals surface area contributed by atoms with Crippen molar-refractivity contribution < 1.29 is 9.53 Å². The highest BCUT2D eigenvalue weighted by Gasteiger charge is 2.20. The molecule has 0 aliphatic rings. The largest absolute Gasteiger partial charge is 0.496 e. The Morgan fingerprint density at radius 1 is 1.15 bits per heavy atom. The second-order valence-corrected chi connectivity index (χ2v) is 7.19. The molecule has 0 fully saturated rings. The molecular formula is C21H23N3O2S. The molecule has 1 aromatic heterocycles. The predicted octanol–water partition coefficient (Wildman–Crippen LogP) is 3.85. The summed E-state index contributed by atoms with van der Waals surface area (Å²) in [5.41, 5.74) is 2.49. The van der Waals surface area contributed by atoms with Gasteiger partial charge in [0.15, 0.2) is 0 Å². The first-order valence-electron chi connectivity index (χ1n) is 8.68. The lowest BCUT2D eigenvalue weighted by atomic mass is 10.0. The van der Waals surface area contributed by atoms with E-state index in [1.165, 1.54) is 11.3 Å². The van der Waals surface area contributed by atoms with Gasteiger partial charge in [0.1, 0.15) is 16.5 Å². The number of methoxy groups -OCH3 is 1. The molecule has 6 heteroatoms. The van der Waals surface area contributed by atoms with E-state index in [1.54, 1.807) is 12.5 Å². The highest BCUT2D eigenvalue weighted by molar-refractivity contribution is 7.13. The van der Waals surface area contributed by atoms with Gasteiger partial charge in [0.25, 0.3) is 5.91 Å². The molecule has 0 aliphatic heterocycles. The third-order valence-corrected chi connectivity index (χ3v) is 5.23. The molecule has 1 heterocycles. The van der Waals surface area contributed by atoms with Crippen molar-refractivity contribution in [2.75, 3.05) is 27.7 Å². The zero-order valence-electron chi connectivity index (χ0n) is 15.7. The van der Waals surface area contributed by atoms with Gasteiger partial charge in [-0.25, -0.2) is 4.98 Å². The van der Waals surface area contributed by atoms with Crippen molar-refractivity contribution in [1.29, 1.82) is 0 Å². The molecule has 1 atom stereocenters. The summed E-state index contributed by atoms with van der Waals surface area (Å²) in [7, 11) is 5.63. The Kier molecular flexibility index (Phi) is 6.21. The Morgan fingerprint density at radius 2 is 1.85 bits per heavy atom. The van der Waals surface area contributed by atoms with Gasteiger partial charge >= 0.3 is 0 Å². The first kappa shape index (κ1) is 19.1. The number of nitrogens with one attached hydrogen (secondary N) is 1. The molecular weight excluding hydrogens is 358 g/mol. The predicted molar refractivity (Wildman–Crippen MR) is 109 cm³/mol. The molecule has 140 valence electrons. The molecule has 1 N–H and O–H groups in total. The van der Waals surface area contributed by atoms with Gasteiger partial charge < -0.3 is 15.0 Å². The Morgan fingerprint density at radius 3 is 2.56 bits per heavy atom. The van der Waals surface area contributed by atoms with Crippen LogP contribution in [0.1, 0.15) is 22.1 Å². The fraction of sp³-hybridized carbons (Fsp3) is 0.238. The third kappa shape index (κ3) is 4.53. The molecule has 2 aromatic carbocycles. The van der Waals surface area contributed by atoms with Crippen LogP contribution in [0.2, 0.25) is 0 Å². The van der Waals surface area contributed by atoms with E-state index < -0.39 is 0 Å². The summed E-state index contributed by atoms with van der Waals surface area (Å²) in [6.45, 7) is 0.463. The van der Waals surface area contributed by atoms with Crippen molar-refractivity contribution in [2.24, 2.45) is 0 Å². The quantitative estimate of drug-likeness (QED) is 0.675. The van der Waals surface area contributed by atoms with Crippen LogP contribution < -0.4 is 10.1 Å². The second-order valence-electron chi connectivity index (χ2n) is 6.34. The molecule has 0 spiro atoms. The van der Waals surface area contributed by atoms with Crippen LogP contribution in [0.3, 0.4) is 0 Å². The Hall–Kier alpha value is -2.70. The van der Waals surface area contributed by atoms with Crippen LogP contribution in [0.25, 0.3) is 10.6 Å². The van der Waals surface area contributed by atoms with Gasteiger partial charge in [-0.15, -0.1) is 11.3 Å². The minimum atomic E-state index is -0.171. The van der Waals surface area contributed by atoms with E-state index in [2.05, 4.69) is 15.2 Å². The number of rotatable bonds is 7. The number of hydrogen-bond acceptors (Lipinski definition) is 5. The summed E-state index contributed by atoms with van der Waals surface area (Å²) in [5.74, 6) is 0.639. The van der Waals surface area contributed by atoms with Crippen LogP contribution in [0.5, 0.6) is 5.75 Å². The highest BCUT2D eigenvalue weighted by Crippen LogP contribution is 2.28. The van der Waals surface area contributed by atoms with Crippen LogP contribution in [-0.4, -0.2) is 43.5 Å². The molecule has 27 heavy (non-hydrogen) atoms. The summed E-state index contributed by atoms with van der Waals surface area (Å²) in [4.78, 5) is 19.1. The number of para-hydroxylation sites is 1. The van der Waals surface area contributed by atoms with Crippen LogP contribution in [0.4, 0.5) is 0 Å². The number of aromatic nitrogens is 1. The minimum absolute atomic E-state index is 0.00247. The van der Waals surface area contributed by atoms with E-state index in [4.69, 9.17) is 4.74 Å². The van der Waals surface area contributed by atoms with Crippen LogP contribution in [-0.2, 0) is 0 Å². The smallest absolute Gasteiger partial charge is 0.270 e. The molecule has 3 aromatic rings. The number of carbonyl (C=O) groups is 1. The van der Waals surface area contributed by atoms with Crippen LogP contribution in [0, 0.1) is 0 Å². The van der Waals surface area contributed by atoms with Gasteiger partial charge in [0.2, 0.25) is 0 Å². The van der Waals surface area contributed by atoms with Crippen molar-refractivity contribution in [3.63, 3.8) is 0 Å². The Bertz CT molecular complexity index is 893. The number of nitrogens with zero attached hydrogens (tertiary/aromatic N) is 2. The number of amides is 1. The van der Waals surface area contributed by atoms with E-state index in [9.17, 15) is 4.79 Å². The molecule has 1 amide bonds. The lowest BCUT2D eigenvalue weighted by Gasteiger charge is -2.26. The molecule has 0 saturated carbocycles. The number of ether oxygens (including phenoxy) is 1. The van der Waals surface area contributed by atoms with Gasteiger partial charge in [-0.2, -0.15) is 0 Å². The van der Waals surface area contributed by atoms with Gasteiger partial charge in [-0.05, 0) is 20.2 Å². The minimum Gasteiger partial charge on any atom is -0.496 e. The molecule has 0 radical (unpaired) electrons. The number of thiazole rings is 1. The van der Waals surface area contributed by atoms with E-state index in [-0.39, 0.29) is 11.9 Å². The fourth-order valence-corrected chi connectivity index (χ4v) is 3.69. The van der Waals surface area contributed by atoms with Gasteiger partial charge in [0, 0.05) is 23.1 Å². The standard InChI is InChI=1S/C21H23N3O2S/c1-24(2)18(16-11-7-8-12-19(16)26-3)13-22-20(25)17-14-27-21(23-17)15-9-5-4-6-10-15/h4-12,14,18H,13H2,1-3H3,(H,22,25). The average molecular weight is 382 g/mol. The van der Waals surface area contributed by atoms with Crippen LogP contribution >= 0.6 is 11.3 Å². The first-order valence-corrected chi connectivity index (χ1v) is 9.56. The summed E-state index contributed by atoms with van der Waals surface area (Å²) in [6.07, 6.45) is 0. The van der Waals surface area contributed by atoms with Crippen LogP contribution in [0.15, 0.2) is 60.0 Å². The zero-order valence-corrected chi connectivity index (χ0v) is 16.5. The monoisotopic (exact) mass is 381 g/mol. The molecule has 3 rings (SSSR count). The highest BCUT2D eigenvalue weighted by atomic mass is 32.1. The molecule has 5 nitrogen and oxygen atoms in total. The maximum Gasteiger partial charge on any atom is 0.270 e. The van der Waals surface area contributed by atoms with Crippen molar-refractivity contribution >= 4 is 17.2 Å². The van der Waals surface area contributed by atoms with E-state index in [1.807, 2.05) is 68.7 Å². The zero-order chi connectivity index (χ0) is 19.2. The van der Waals surface area contributed by atoms with E-state index in [0.717, 1.165) is 21.9 Å². The Labute approximate surface area is 163 Å². The van der Waals surface area contributed by atoms with Crippen molar-refractivity contribution in [3.05, 3.63) is 71.2 Å². The summed E-state index contributed by atoms with van der Waals surface area (Å²) < 4.78 is 5.47. The summed E-state index contributed by atoms with van der Waals surface area (Å²) >= 11 is 1.47. The van der Waals surface area contributed by atoms with Crippen molar-refractivity contribution in [1.82, 2.24) is 15.2 Å². The van der Waals surface area contributed by atoms with Gasteiger partial charge in [-0.3, -0.25) is 4.79 Å². The SMILES string of the molecule is COc1ccccc1C(CNC(=O)c1csc(-c2ccccc2)n1)N(C)C. The number of carbonyl (C=O) groups excluding carboxylic acids is 1. The molecule has 0 aliphatic carbocycles. The maximum absolute atomic E-state index is 12.6. The maximum atomic E-state index is 12.6. The average Bonchev–Trinajstić information content (AvgIpc) is 3.19. The second kappa shape index (κ2) is 8.79. The van der Waals surface area contributed by atoms with Crippen molar-refractivity contribution in [2.45, 2.75) is 6.04 Å². The molecule has 0 saturated heterocycles. The van der Waals surface area contributed by atoms with E-state index >= 15 is 0 Å². The first-order chi connectivity index (χ1) is 13.1. The van der Waals surface area contributed by atoms with Crippen molar-refractivity contribution in [3.8, 4) is 16.3 Å². The van der Waals surface area contributed by atoms with Gasteiger partial charge in [0.05, 0.1) is 13.2 Å². The lowest BCUT2D eigenvalue weighted by Crippen LogP contribution is -2.34. The fourth-order valence-electron chi connectivity index (χ4n) is 2.88.